The predicted molar refractivity (Wildman–Crippen MR) is 103 cm³/mol. The molecule has 0 fully saturated rings. The lowest BCUT2D eigenvalue weighted by atomic mass is 9.90. The quantitative estimate of drug-likeness (QED) is 0.247. The molecule has 0 rings (SSSR count). The summed E-state index contributed by atoms with van der Waals surface area (Å²) in [6, 6.07) is 0. The van der Waals surface area contributed by atoms with Gasteiger partial charge in [0.15, 0.2) is 0 Å². The lowest BCUT2D eigenvalue weighted by Gasteiger charge is -2.18. The summed E-state index contributed by atoms with van der Waals surface area (Å²) in [5, 5.41) is 9.40. The third-order valence-electron chi connectivity index (χ3n) is 4.59. The van der Waals surface area contributed by atoms with Crippen LogP contribution in [0.4, 0.5) is 0 Å². The van der Waals surface area contributed by atoms with Crippen molar-refractivity contribution in [3.05, 3.63) is 0 Å². The van der Waals surface area contributed by atoms with Crippen molar-refractivity contribution in [3.8, 4) is 0 Å². The molecule has 3 unspecified atom stereocenters. The van der Waals surface area contributed by atoms with E-state index in [1.807, 2.05) is 6.92 Å². The fraction of sp³-hybridized carbons (Fsp3) is 1.00. The fourth-order valence-corrected chi connectivity index (χ4v) is 3.36. The van der Waals surface area contributed by atoms with E-state index in [1.165, 1.54) is 51.4 Å². The highest BCUT2D eigenvalue weighted by molar-refractivity contribution is 4.62. The molecule has 3 atom stereocenters. The summed E-state index contributed by atoms with van der Waals surface area (Å²) in [4.78, 5) is 0. The number of unbranched alkanes of at least 4 members (excludes halogenated alkanes) is 6. The van der Waals surface area contributed by atoms with Crippen molar-refractivity contribution in [2.24, 2.45) is 11.8 Å². The zero-order chi connectivity index (χ0) is 18.0. The highest BCUT2D eigenvalue weighted by atomic mass is 16.7. The largest absolute Gasteiger partial charge is 0.393 e. The summed E-state index contributed by atoms with van der Waals surface area (Å²) in [5.74, 6) is 1.31. The first kappa shape index (κ1) is 23.9. The van der Waals surface area contributed by atoms with Crippen molar-refractivity contribution in [2.75, 3.05) is 20.0 Å². The second-order valence-corrected chi connectivity index (χ2v) is 7.73. The summed E-state index contributed by atoms with van der Waals surface area (Å²) in [6.07, 6.45) is 13.5. The Morgan fingerprint density at radius 1 is 0.708 bits per heavy atom. The van der Waals surface area contributed by atoms with Crippen molar-refractivity contribution in [3.63, 3.8) is 0 Å². The maximum Gasteiger partial charge on any atom is 0.146 e. The molecule has 0 radical (unpaired) electrons. The molecule has 0 heterocycles. The second kappa shape index (κ2) is 17.7. The van der Waals surface area contributed by atoms with Crippen molar-refractivity contribution in [2.45, 2.75) is 104 Å². The van der Waals surface area contributed by atoms with E-state index < -0.39 is 0 Å². The lowest BCUT2D eigenvalue weighted by Crippen LogP contribution is -2.11. The van der Waals surface area contributed by atoms with E-state index >= 15 is 0 Å². The lowest BCUT2D eigenvalue weighted by molar-refractivity contribution is -0.0561. The van der Waals surface area contributed by atoms with Gasteiger partial charge in [-0.3, -0.25) is 0 Å². The fourth-order valence-electron chi connectivity index (χ4n) is 3.36. The van der Waals surface area contributed by atoms with Gasteiger partial charge in [0.05, 0.1) is 6.10 Å². The molecular weight excluding hydrogens is 300 g/mol. The van der Waals surface area contributed by atoms with Crippen LogP contribution in [0.5, 0.6) is 0 Å². The summed E-state index contributed by atoms with van der Waals surface area (Å²) >= 11 is 0. The Morgan fingerprint density at radius 2 is 1.29 bits per heavy atom. The Bertz CT molecular complexity index is 243. The predicted octanol–water partition coefficient (Wildman–Crippen LogP) is 5.94. The Labute approximate surface area is 151 Å². The van der Waals surface area contributed by atoms with Gasteiger partial charge < -0.3 is 14.6 Å². The molecule has 1 N–H and O–H groups in total. The van der Waals surface area contributed by atoms with Gasteiger partial charge in [-0.2, -0.15) is 0 Å². The SMILES string of the molecule is CCCCCCCCCOCOCCCC(C)CC(C)CC(C)O. The first-order chi connectivity index (χ1) is 11.6. The van der Waals surface area contributed by atoms with Gasteiger partial charge in [-0.1, -0.05) is 59.3 Å². The van der Waals surface area contributed by atoms with Crippen LogP contribution in [0.15, 0.2) is 0 Å². The Balaban J connectivity index is 3.22. The second-order valence-electron chi connectivity index (χ2n) is 7.73. The van der Waals surface area contributed by atoms with E-state index in [4.69, 9.17) is 9.47 Å². The van der Waals surface area contributed by atoms with Crippen LogP contribution >= 0.6 is 0 Å². The molecule has 146 valence electrons. The van der Waals surface area contributed by atoms with Crippen LogP contribution in [0.25, 0.3) is 0 Å². The topological polar surface area (TPSA) is 38.7 Å². The van der Waals surface area contributed by atoms with Gasteiger partial charge in [0.1, 0.15) is 6.79 Å². The summed E-state index contributed by atoms with van der Waals surface area (Å²) < 4.78 is 11.1. The zero-order valence-electron chi connectivity index (χ0n) is 16.9. The van der Waals surface area contributed by atoms with Crippen LogP contribution in [-0.2, 0) is 9.47 Å². The van der Waals surface area contributed by atoms with E-state index in [0.29, 0.717) is 18.6 Å². The molecule has 3 nitrogen and oxygen atoms in total. The molecule has 0 bridgehead atoms. The van der Waals surface area contributed by atoms with Gasteiger partial charge in [-0.05, 0) is 50.9 Å². The standard InChI is InChI=1S/C21H44O3/c1-5-6-7-8-9-10-11-14-23-18-24-15-12-13-19(2)16-20(3)17-21(4)22/h19-22H,5-18H2,1-4H3. The van der Waals surface area contributed by atoms with Crippen molar-refractivity contribution in [1.82, 2.24) is 0 Å². The van der Waals surface area contributed by atoms with Gasteiger partial charge >= 0.3 is 0 Å². The van der Waals surface area contributed by atoms with Crippen molar-refractivity contribution < 1.29 is 14.6 Å². The molecule has 0 aromatic rings. The molecule has 0 saturated carbocycles. The third kappa shape index (κ3) is 18.2. The third-order valence-corrected chi connectivity index (χ3v) is 4.59. The molecule has 0 aromatic carbocycles. The van der Waals surface area contributed by atoms with E-state index in [0.717, 1.165) is 32.5 Å². The van der Waals surface area contributed by atoms with E-state index in [9.17, 15) is 5.11 Å². The van der Waals surface area contributed by atoms with Gasteiger partial charge in [0, 0.05) is 13.2 Å². The van der Waals surface area contributed by atoms with Gasteiger partial charge in [-0.25, -0.2) is 0 Å². The summed E-state index contributed by atoms with van der Waals surface area (Å²) in [5.41, 5.74) is 0. The average molecular weight is 345 g/mol. The zero-order valence-corrected chi connectivity index (χ0v) is 16.9. The molecule has 0 amide bonds. The van der Waals surface area contributed by atoms with Gasteiger partial charge in [0.2, 0.25) is 0 Å². The number of aliphatic hydroxyl groups excluding tert-OH is 1. The molecular formula is C21H44O3. The molecule has 0 aliphatic rings. The molecule has 0 aliphatic heterocycles. The van der Waals surface area contributed by atoms with Gasteiger partial charge in [0.25, 0.3) is 0 Å². The Morgan fingerprint density at radius 3 is 1.92 bits per heavy atom. The maximum atomic E-state index is 9.40. The van der Waals surface area contributed by atoms with Crippen LogP contribution < -0.4 is 0 Å². The summed E-state index contributed by atoms with van der Waals surface area (Å²) in [6.45, 7) is 10.7. The maximum absolute atomic E-state index is 9.40. The molecule has 0 aromatic heterocycles. The van der Waals surface area contributed by atoms with Crippen LogP contribution in [0.1, 0.15) is 98.3 Å². The smallest absolute Gasteiger partial charge is 0.146 e. The number of hydrogen-bond donors (Lipinski definition) is 1. The minimum atomic E-state index is -0.177. The highest BCUT2D eigenvalue weighted by Crippen LogP contribution is 2.20. The molecule has 3 heteroatoms. The summed E-state index contributed by atoms with van der Waals surface area (Å²) in [7, 11) is 0. The van der Waals surface area contributed by atoms with Crippen LogP contribution in [-0.4, -0.2) is 31.2 Å². The van der Waals surface area contributed by atoms with Crippen molar-refractivity contribution >= 4 is 0 Å². The van der Waals surface area contributed by atoms with Gasteiger partial charge in [-0.15, -0.1) is 0 Å². The Hall–Kier alpha value is -0.120. The van der Waals surface area contributed by atoms with E-state index in [-0.39, 0.29) is 6.10 Å². The minimum absolute atomic E-state index is 0.177. The minimum Gasteiger partial charge on any atom is -0.393 e. The number of hydrogen-bond acceptors (Lipinski definition) is 3. The van der Waals surface area contributed by atoms with Crippen molar-refractivity contribution in [1.29, 1.82) is 0 Å². The average Bonchev–Trinajstić information content (AvgIpc) is 2.51. The van der Waals surface area contributed by atoms with E-state index in [1.54, 1.807) is 0 Å². The first-order valence-electron chi connectivity index (χ1n) is 10.4. The molecule has 0 spiro atoms. The molecule has 0 saturated heterocycles. The number of aliphatic hydroxyl groups is 1. The van der Waals surface area contributed by atoms with Crippen LogP contribution in [0, 0.1) is 11.8 Å². The Kier molecular flexibility index (Phi) is 17.6. The normalized spacial score (nSPS) is 15.4. The monoisotopic (exact) mass is 344 g/mol. The number of ether oxygens (including phenoxy) is 2. The molecule has 24 heavy (non-hydrogen) atoms. The highest BCUT2D eigenvalue weighted by Gasteiger charge is 2.10. The van der Waals surface area contributed by atoms with E-state index in [2.05, 4.69) is 20.8 Å². The number of rotatable bonds is 18. The van der Waals surface area contributed by atoms with Crippen LogP contribution in [0.3, 0.4) is 0 Å². The molecule has 0 aliphatic carbocycles. The van der Waals surface area contributed by atoms with Crippen LogP contribution in [0.2, 0.25) is 0 Å². The first-order valence-corrected chi connectivity index (χ1v) is 10.4.